The molecular formula is C11H9ClN2O3S. The highest BCUT2D eigenvalue weighted by Crippen LogP contribution is 2.24. The molecule has 0 fully saturated rings. The molecule has 94 valence electrons. The molecule has 0 spiro atoms. The van der Waals surface area contributed by atoms with Crippen LogP contribution in [0.1, 0.15) is 5.69 Å². The Morgan fingerprint density at radius 1 is 1.28 bits per heavy atom. The van der Waals surface area contributed by atoms with E-state index in [2.05, 4.69) is 9.97 Å². The Labute approximate surface area is 109 Å². The molecule has 7 heteroatoms. The van der Waals surface area contributed by atoms with Crippen LogP contribution in [-0.2, 0) is 9.05 Å². The number of ether oxygens (including phenoxy) is 1. The molecule has 1 heterocycles. The lowest BCUT2D eigenvalue weighted by Gasteiger charge is -2.05. The van der Waals surface area contributed by atoms with Crippen LogP contribution in [0.5, 0.6) is 11.6 Å². The maximum atomic E-state index is 11.2. The quantitative estimate of drug-likeness (QED) is 0.810. The fraction of sp³-hybridized carbons (Fsp3) is 0.0909. The van der Waals surface area contributed by atoms with E-state index >= 15 is 0 Å². The van der Waals surface area contributed by atoms with Crippen molar-refractivity contribution < 1.29 is 13.2 Å². The Morgan fingerprint density at radius 3 is 2.72 bits per heavy atom. The lowest BCUT2D eigenvalue weighted by molar-refractivity contribution is 0.457. The van der Waals surface area contributed by atoms with Crippen LogP contribution in [0, 0.1) is 6.92 Å². The van der Waals surface area contributed by atoms with Gasteiger partial charge in [-0.15, -0.1) is 0 Å². The molecule has 1 aromatic heterocycles. The number of aromatic nitrogens is 2. The minimum Gasteiger partial charge on any atom is -0.437 e. The average Bonchev–Trinajstić information content (AvgIpc) is 2.28. The molecule has 0 saturated heterocycles. The van der Waals surface area contributed by atoms with Gasteiger partial charge in [-0.2, -0.15) is 0 Å². The van der Waals surface area contributed by atoms with E-state index in [9.17, 15) is 8.42 Å². The number of hydrogen-bond donors (Lipinski definition) is 0. The SMILES string of the molecule is Cc1cncc(Oc2cccc(S(=O)(=O)Cl)c2)n1. The summed E-state index contributed by atoms with van der Waals surface area (Å²) in [7, 11) is 1.48. The number of rotatable bonds is 3. The van der Waals surface area contributed by atoms with Crippen molar-refractivity contribution in [2.75, 3.05) is 0 Å². The van der Waals surface area contributed by atoms with Gasteiger partial charge in [0.2, 0.25) is 5.88 Å². The van der Waals surface area contributed by atoms with E-state index in [0.29, 0.717) is 17.3 Å². The molecule has 1 aromatic carbocycles. The molecule has 0 saturated carbocycles. The molecule has 0 atom stereocenters. The zero-order valence-corrected chi connectivity index (χ0v) is 10.9. The van der Waals surface area contributed by atoms with Gasteiger partial charge in [0.15, 0.2) is 0 Å². The van der Waals surface area contributed by atoms with Gasteiger partial charge in [0.1, 0.15) is 5.75 Å². The standard InChI is InChI=1S/C11H9ClN2O3S/c1-8-6-13-7-11(14-8)17-9-3-2-4-10(5-9)18(12,15)16/h2-7H,1H3. The van der Waals surface area contributed by atoms with Crippen molar-refractivity contribution in [1.29, 1.82) is 0 Å². The Kier molecular flexibility index (Phi) is 3.49. The third kappa shape index (κ3) is 3.18. The van der Waals surface area contributed by atoms with Gasteiger partial charge in [-0.25, -0.2) is 13.4 Å². The fourth-order valence-electron chi connectivity index (χ4n) is 1.30. The average molecular weight is 285 g/mol. The van der Waals surface area contributed by atoms with Gasteiger partial charge in [-0.3, -0.25) is 4.98 Å². The molecule has 2 rings (SSSR count). The van der Waals surface area contributed by atoms with Crippen molar-refractivity contribution in [3.63, 3.8) is 0 Å². The first-order chi connectivity index (χ1) is 8.45. The molecule has 0 aliphatic carbocycles. The normalized spacial score (nSPS) is 11.2. The van der Waals surface area contributed by atoms with Crippen LogP contribution in [0.15, 0.2) is 41.6 Å². The summed E-state index contributed by atoms with van der Waals surface area (Å²) in [5.74, 6) is 0.621. The molecule has 0 radical (unpaired) electrons. The number of halogens is 1. The molecule has 0 bridgehead atoms. The van der Waals surface area contributed by atoms with Crippen molar-refractivity contribution >= 4 is 19.7 Å². The van der Waals surface area contributed by atoms with Gasteiger partial charge in [0.25, 0.3) is 9.05 Å². The Morgan fingerprint density at radius 2 is 2.06 bits per heavy atom. The van der Waals surface area contributed by atoms with Crippen molar-refractivity contribution in [3.8, 4) is 11.6 Å². The first-order valence-corrected chi connectivity index (χ1v) is 7.27. The maximum Gasteiger partial charge on any atom is 0.261 e. The maximum absolute atomic E-state index is 11.2. The second kappa shape index (κ2) is 4.91. The Hall–Kier alpha value is -1.66. The summed E-state index contributed by atoms with van der Waals surface area (Å²) in [4.78, 5) is 7.99. The topological polar surface area (TPSA) is 69.2 Å². The van der Waals surface area contributed by atoms with Crippen molar-refractivity contribution in [2.45, 2.75) is 11.8 Å². The van der Waals surface area contributed by atoms with Crippen molar-refractivity contribution in [2.24, 2.45) is 0 Å². The van der Waals surface area contributed by atoms with E-state index < -0.39 is 9.05 Å². The van der Waals surface area contributed by atoms with E-state index in [1.165, 1.54) is 24.4 Å². The van der Waals surface area contributed by atoms with Crippen LogP contribution in [0.4, 0.5) is 0 Å². The van der Waals surface area contributed by atoms with Gasteiger partial charge in [0, 0.05) is 22.9 Å². The van der Waals surface area contributed by atoms with E-state index in [4.69, 9.17) is 15.4 Å². The lowest BCUT2D eigenvalue weighted by atomic mass is 10.3. The molecular weight excluding hydrogens is 276 g/mol. The number of nitrogens with zero attached hydrogens (tertiary/aromatic N) is 2. The van der Waals surface area contributed by atoms with E-state index in [1.807, 2.05) is 0 Å². The first-order valence-electron chi connectivity index (χ1n) is 4.96. The van der Waals surface area contributed by atoms with E-state index in [-0.39, 0.29) is 4.90 Å². The van der Waals surface area contributed by atoms with Crippen molar-refractivity contribution in [3.05, 3.63) is 42.4 Å². The predicted octanol–water partition coefficient (Wildman–Crippen LogP) is 2.50. The zero-order valence-electron chi connectivity index (χ0n) is 9.37. The summed E-state index contributed by atoms with van der Waals surface area (Å²) in [5.41, 5.74) is 0.702. The van der Waals surface area contributed by atoms with Crippen LogP contribution in [0.3, 0.4) is 0 Å². The van der Waals surface area contributed by atoms with Gasteiger partial charge >= 0.3 is 0 Å². The second-order valence-electron chi connectivity index (χ2n) is 3.51. The monoisotopic (exact) mass is 284 g/mol. The smallest absolute Gasteiger partial charge is 0.261 e. The van der Waals surface area contributed by atoms with Crippen LogP contribution < -0.4 is 4.74 Å². The van der Waals surface area contributed by atoms with Crippen LogP contribution in [0.25, 0.3) is 0 Å². The highest BCUT2D eigenvalue weighted by atomic mass is 35.7. The van der Waals surface area contributed by atoms with Crippen molar-refractivity contribution in [1.82, 2.24) is 9.97 Å². The van der Waals surface area contributed by atoms with Gasteiger partial charge in [0.05, 0.1) is 16.8 Å². The van der Waals surface area contributed by atoms with Crippen LogP contribution in [0.2, 0.25) is 0 Å². The minimum atomic E-state index is -3.77. The van der Waals surface area contributed by atoms with E-state index in [1.54, 1.807) is 19.2 Å². The number of aryl methyl sites for hydroxylation is 1. The molecule has 0 aliphatic rings. The molecule has 0 N–H and O–H groups in total. The highest BCUT2D eigenvalue weighted by molar-refractivity contribution is 8.13. The summed E-state index contributed by atoms with van der Waals surface area (Å²) in [6.45, 7) is 1.78. The fourth-order valence-corrected chi connectivity index (χ4v) is 2.09. The van der Waals surface area contributed by atoms with Gasteiger partial charge in [-0.1, -0.05) is 6.07 Å². The molecule has 0 aliphatic heterocycles. The zero-order chi connectivity index (χ0) is 13.2. The summed E-state index contributed by atoms with van der Waals surface area (Å²) < 4.78 is 27.7. The predicted molar refractivity (Wildman–Crippen MR) is 66.3 cm³/mol. The highest BCUT2D eigenvalue weighted by Gasteiger charge is 2.11. The summed E-state index contributed by atoms with van der Waals surface area (Å²) >= 11 is 0. The van der Waals surface area contributed by atoms with Crippen LogP contribution >= 0.6 is 10.7 Å². The minimum absolute atomic E-state index is 0.0257. The second-order valence-corrected chi connectivity index (χ2v) is 6.08. The van der Waals surface area contributed by atoms with Gasteiger partial charge < -0.3 is 4.74 Å². The molecule has 5 nitrogen and oxygen atoms in total. The summed E-state index contributed by atoms with van der Waals surface area (Å²) in [5, 5.41) is 0. The largest absolute Gasteiger partial charge is 0.437 e. The first kappa shape index (κ1) is 12.8. The molecule has 18 heavy (non-hydrogen) atoms. The molecule has 2 aromatic rings. The van der Waals surface area contributed by atoms with Gasteiger partial charge in [-0.05, 0) is 19.1 Å². The van der Waals surface area contributed by atoms with Crippen LogP contribution in [-0.4, -0.2) is 18.4 Å². The Balaban J connectivity index is 2.30. The number of benzene rings is 1. The number of hydrogen-bond acceptors (Lipinski definition) is 5. The molecule has 0 unspecified atom stereocenters. The van der Waals surface area contributed by atoms with E-state index in [0.717, 1.165) is 0 Å². The third-order valence-corrected chi connectivity index (χ3v) is 3.39. The summed E-state index contributed by atoms with van der Waals surface area (Å²) in [6, 6.07) is 5.85. The third-order valence-electron chi connectivity index (χ3n) is 2.04. The Bertz CT molecular complexity index is 673. The lowest BCUT2D eigenvalue weighted by Crippen LogP contribution is -1.94. The molecule has 0 amide bonds. The summed E-state index contributed by atoms with van der Waals surface area (Å²) in [6.07, 6.45) is 3.03.